The van der Waals surface area contributed by atoms with Gasteiger partial charge in [0.05, 0.1) is 12.6 Å². The first kappa shape index (κ1) is 12.7. The van der Waals surface area contributed by atoms with Crippen molar-refractivity contribution in [3.05, 3.63) is 17.8 Å². The van der Waals surface area contributed by atoms with Gasteiger partial charge in [0.1, 0.15) is 5.82 Å². The van der Waals surface area contributed by atoms with E-state index in [9.17, 15) is 13.2 Å². The van der Waals surface area contributed by atoms with E-state index in [-0.39, 0.29) is 18.5 Å². The quantitative estimate of drug-likeness (QED) is 0.833. The molecule has 0 aromatic carbocycles. The van der Waals surface area contributed by atoms with E-state index < -0.39 is 11.9 Å². The van der Waals surface area contributed by atoms with Gasteiger partial charge in [-0.3, -0.25) is 0 Å². The van der Waals surface area contributed by atoms with E-state index in [1.165, 1.54) is 6.07 Å². The van der Waals surface area contributed by atoms with Crippen LogP contribution in [-0.2, 0) is 6.18 Å². The van der Waals surface area contributed by atoms with E-state index >= 15 is 0 Å². The summed E-state index contributed by atoms with van der Waals surface area (Å²) in [5, 5.41) is 18.1. The van der Waals surface area contributed by atoms with Gasteiger partial charge >= 0.3 is 6.18 Å². The van der Waals surface area contributed by atoms with Crippen LogP contribution in [0.25, 0.3) is 0 Å². The standard InChI is InChI=1S/C9H12F3N3O/c1-2-6(5-16)13-8-4-3-7(14-15-8)9(10,11)12/h3-4,6,16H,2,5H2,1H3,(H,13,15)/t6-/m0/s1. The van der Waals surface area contributed by atoms with Crippen LogP contribution in [0.2, 0.25) is 0 Å². The van der Waals surface area contributed by atoms with Gasteiger partial charge in [0.25, 0.3) is 0 Å². The number of aliphatic hydroxyl groups excluding tert-OH is 1. The van der Waals surface area contributed by atoms with Gasteiger partial charge in [-0.2, -0.15) is 13.2 Å². The lowest BCUT2D eigenvalue weighted by Crippen LogP contribution is -2.23. The van der Waals surface area contributed by atoms with Crippen molar-refractivity contribution in [1.29, 1.82) is 0 Å². The molecule has 0 unspecified atom stereocenters. The Kier molecular flexibility index (Phi) is 4.05. The maximum atomic E-state index is 12.2. The molecule has 0 fully saturated rings. The first-order chi connectivity index (χ1) is 7.47. The third-order valence-electron chi connectivity index (χ3n) is 2.02. The Balaban J connectivity index is 2.72. The molecule has 16 heavy (non-hydrogen) atoms. The second kappa shape index (κ2) is 5.11. The van der Waals surface area contributed by atoms with Crippen molar-refractivity contribution >= 4 is 5.82 Å². The highest BCUT2D eigenvalue weighted by molar-refractivity contribution is 5.34. The molecular formula is C9H12F3N3O. The van der Waals surface area contributed by atoms with E-state index in [1.807, 2.05) is 6.92 Å². The number of nitrogens with one attached hydrogen (secondary N) is 1. The summed E-state index contributed by atoms with van der Waals surface area (Å²) in [7, 11) is 0. The van der Waals surface area contributed by atoms with Gasteiger partial charge in [-0.25, -0.2) is 0 Å². The molecule has 90 valence electrons. The van der Waals surface area contributed by atoms with Crippen LogP contribution in [0.5, 0.6) is 0 Å². The molecule has 0 bridgehead atoms. The fourth-order valence-corrected chi connectivity index (χ4v) is 1.05. The minimum Gasteiger partial charge on any atom is -0.394 e. The molecule has 1 atom stereocenters. The van der Waals surface area contributed by atoms with Gasteiger partial charge in [-0.05, 0) is 18.6 Å². The molecule has 1 aromatic heterocycles. The number of anilines is 1. The average molecular weight is 235 g/mol. The largest absolute Gasteiger partial charge is 0.435 e. The van der Waals surface area contributed by atoms with E-state index in [2.05, 4.69) is 15.5 Å². The zero-order valence-corrected chi connectivity index (χ0v) is 8.62. The zero-order valence-electron chi connectivity index (χ0n) is 8.62. The normalized spacial score (nSPS) is 13.6. The number of halogens is 3. The molecule has 0 amide bonds. The fraction of sp³-hybridized carbons (Fsp3) is 0.556. The lowest BCUT2D eigenvalue weighted by Gasteiger charge is -2.14. The average Bonchev–Trinajstić information content (AvgIpc) is 2.25. The summed E-state index contributed by atoms with van der Waals surface area (Å²) in [5.74, 6) is 0.217. The first-order valence-electron chi connectivity index (χ1n) is 4.75. The zero-order chi connectivity index (χ0) is 12.2. The number of aliphatic hydroxyl groups is 1. The Morgan fingerprint density at radius 2 is 2.06 bits per heavy atom. The van der Waals surface area contributed by atoms with Crippen molar-refractivity contribution in [1.82, 2.24) is 10.2 Å². The molecule has 1 aromatic rings. The molecule has 2 N–H and O–H groups in total. The molecule has 4 nitrogen and oxygen atoms in total. The fourth-order valence-electron chi connectivity index (χ4n) is 1.05. The SMILES string of the molecule is CC[C@@H](CO)Nc1ccc(C(F)(F)F)nn1. The summed E-state index contributed by atoms with van der Waals surface area (Å²) in [5.41, 5.74) is -1.03. The molecule has 1 heterocycles. The van der Waals surface area contributed by atoms with Crippen LogP contribution in [0.1, 0.15) is 19.0 Å². The van der Waals surface area contributed by atoms with Crippen molar-refractivity contribution in [2.45, 2.75) is 25.6 Å². The summed E-state index contributed by atoms with van der Waals surface area (Å²) in [4.78, 5) is 0. The summed E-state index contributed by atoms with van der Waals surface area (Å²) < 4.78 is 36.5. The molecule has 0 aliphatic carbocycles. The number of alkyl halides is 3. The topological polar surface area (TPSA) is 58.0 Å². The van der Waals surface area contributed by atoms with Gasteiger partial charge in [0.15, 0.2) is 5.69 Å². The van der Waals surface area contributed by atoms with Crippen molar-refractivity contribution in [3.63, 3.8) is 0 Å². The van der Waals surface area contributed by atoms with Crippen LogP contribution in [0.4, 0.5) is 19.0 Å². The molecule has 0 saturated carbocycles. The highest BCUT2D eigenvalue weighted by Crippen LogP contribution is 2.27. The second-order valence-electron chi connectivity index (χ2n) is 3.23. The van der Waals surface area contributed by atoms with E-state index in [0.717, 1.165) is 6.07 Å². The molecule has 1 rings (SSSR count). The van der Waals surface area contributed by atoms with Crippen LogP contribution >= 0.6 is 0 Å². The van der Waals surface area contributed by atoms with E-state index in [0.29, 0.717) is 6.42 Å². The predicted octanol–water partition coefficient (Wildman–Crippen LogP) is 1.68. The van der Waals surface area contributed by atoms with E-state index in [1.54, 1.807) is 0 Å². The second-order valence-corrected chi connectivity index (χ2v) is 3.23. The number of hydrogen-bond acceptors (Lipinski definition) is 4. The van der Waals surface area contributed by atoms with Gasteiger partial charge in [0, 0.05) is 0 Å². The Hall–Kier alpha value is -1.37. The highest BCUT2D eigenvalue weighted by atomic mass is 19.4. The van der Waals surface area contributed by atoms with Crippen LogP contribution in [-0.4, -0.2) is 28.0 Å². The maximum absolute atomic E-state index is 12.2. The van der Waals surface area contributed by atoms with Crippen LogP contribution in [0.3, 0.4) is 0 Å². The summed E-state index contributed by atoms with van der Waals surface area (Å²) >= 11 is 0. The minimum atomic E-state index is -4.48. The van der Waals surface area contributed by atoms with Crippen molar-refractivity contribution < 1.29 is 18.3 Å². The molecule has 0 spiro atoms. The Bertz CT molecular complexity index is 322. The van der Waals surface area contributed by atoms with Crippen molar-refractivity contribution in [2.24, 2.45) is 0 Å². The van der Waals surface area contributed by atoms with Crippen molar-refractivity contribution in [3.8, 4) is 0 Å². The Morgan fingerprint density at radius 3 is 2.44 bits per heavy atom. The molecule has 7 heteroatoms. The minimum absolute atomic E-state index is 0.112. The van der Waals surface area contributed by atoms with Gasteiger partial charge in [0.2, 0.25) is 0 Å². The highest BCUT2D eigenvalue weighted by Gasteiger charge is 2.32. The van der Waals surface area contributed by atoms with Crippen molar-refractivity contribution in [2.75, 3.05) is 11.9 Å². The summed E-state index contributed by atoms with van der Waals surface area (Å²) in [6.07, 6.45) is -3.84. The Labute approximate surface area is 90.5 Å². The van der Waals surface area contributed by atoms with Crippen LogP contribution < -0.4 is 5.32 Å². The molecule has 0 saturated heterocycles. The van der Waals surface area contributed by atoms with Crippen LogP contribution in [0.15, 0.2) is 12.1 Å². The molecule has 0 aliphatic heterocycles. The Morgan fingerprint density at radius 1 is 1.38 bits per heavy atom. The lowest BCUT2D eigenvalue weighted by atomic mass is 10.2. The van der Waals surface area contributed by atoms with E-state index in [4.69, 9.17) is 5.11 Å². The predicted molar refractivity (Wildman–Crippen MR) is 51.8 cm³/mol. The van der Waals surface area contributed by atoms with Gasteiger partial charge < -0.3 is 10.4 Å². The number of aromatic nitrogens is 2. The first-order valence-corrected chi connectivity index (χ1v) is 4.75. The van der Waals surface area contributed by atoms with Gasteiger partial charge in [-0.15, -0.1) is 10.2 Å². The molecular weight excluding hydrogens is 223 g/mol. The molecule has 0 aliphatic rings. The smallest absolute Gasteiger partial charge is 0.394 e. The van der Waals surface area contributed by atoms with Gasteiger partial charge in [-0.1, -0.05) is 6.92 Å². The van der Waals surface area contributed by atoms with Crippen LogP contribution in [0, 0.1) is 0 Å². The number of hydrogen-bond donors (Lipinski definition) is 2. The third kappa shape index (κ3) is 3.34. The third-order valence-corrected chi connectivity index (χ3v) is 2.02. The number of nitrogens with zero attached hydrogens (tertiary/aromatic N) is 2. The summed E-state index contributed by atoms with van der Waals surface area (Å²) in [6, 6.07) is 1.80. The lowest BCUT2D eigenvalue weighted by molar-refractivity contribution is -0.141. The monoisotopic (exact) mass is 235 g/mol. The number of rotatable bonds is 4. The molecule has 0 radical (unpaired) electrons. The maximum Gasteiger partial charge on any atom is 0.435 e. The summed E-state index contributed by atoms with van der Waals surface area (Å²) in [6.45, 7) is 1.73.